The number of methoxy groups -OCH3 is 1. The standard InChI is InChI=1S/C20H35N5O2/c1-5-24(3)11-10-22-20(21-2)23-16-19(25-12-14-27-15-13-25)17-6-8-18(26-4)9-7-17/h6-9,19H,5,10-16H2,1-4H3,(H2,21,22,23). The number of guanidine groups is 1. The number of benzene rings is 1. The minimum absolute atomic E-state index is 0.261. The topological polar surface area (TPSA) is 61.4 Å². The van der Waals surface area contributed by atoms with E-state index in [4.69, 9.17) is 9.47 Å². The molecule has 2 rings (SSSR count). The van der Waals surface area contributed by atoms with E-state index in [-0.39, 0.29) is 6.04 Å². The smallest absolute Gasteiger partial charge is 0.191 e. The van der Waals surface area contributed by atoms with Crippen LogP contribution in [-0.2, 0) is 4.74 Å². The molecule has 0 spiro atoms. The van der Waals surface area contributed by atoms with Crippen LogP contribution in [0.25, 0.3) is 0 Å². The third-order valence-electron chi connectivity index (χ3n) is 5.00. The fourth-order valence-electron chi connectivity index (χ4n) is 3.11. The molecule has 0 aliphatic carbocycles. The molecule has 1 aliphatic rings. The fraction of sp³-hybridized carbons (Fsp3) is 0.650. The molecule has 7 heteroatoms. The van der Waals surface area contributed by atoms with Crippen LogP contribution >= 0.6 is 0 Å². The van der Waals surface area contributed by atoms with Crippen LogP contribution in [-0.4, -0.2) is 89.4 Å². The predicted octanol–water partition coefficient (Wildman–Crippen LogP) is 1.19. The lowest BCUT2D eigenvalue weighted by atomic mass is 10.0. The van der Waals surface area contributed by atoms with E-state index >= 15 is 0 Å². The number of ether oxygens (including phenoxy) is 2. The number of nitrogens with one attached hydrogen (secondary N) is 2. The average molecular weight is 378 g/mol. The second-order valence-corrected chi connectivity index (χ2v) is 6.71. The van der Waals surface area contributed by atoms with Crippen molar-refractivity contribution in [1.82, 2.24) is 20.4 Å². The van der Waals surface area contributed by atoms with Gasteiger partial charge in [0.25, 0.3) is 0 Å². The number of nitrogens with zero attached hydrogens (tertiary/aromatic N) is 3. The molecule has 1 aromatic carbocycles. The molecule has 2 N–H and O–H groups in total. The summed E-state index contributed by atoms with van der Waals surface area (Å²) in [6.07, 6.45) is 0. The molecule has 0 amide bonds. The Kier molecular flexibility index (Phi) is 9.38. The average Bonchev–Trinajstić information content (AvgIpc) is 2.73. The number of aliphatic imine (C=N–C) groups is 1. The molecular weight excluding hydrogens is 342 g/mol. The largest absolute Gasteiger partial charge is 0.497 e. The normalized spacial score (nSPS) is 17.0. The van der Waals surface area contributed by atoms with Gasteiger partial charge < -0.3 is 25.0 Å². The first-order valence-electron chi connectivity index (χ1n) is 9.76. The molecule has 1 unspecified atom stereocenters. The molecule has 0 saturated carbocycles. The van der Waals surface area contributed by atoms with Crippen LogP contribution in [0.1, 0.15) is 18.5 Å². The van der Waals surface area contributed by atoms with E-state index in [1.165, 1.54) is 5.56 Å². The maximum Gasteiger partial charge on any atom is 0.191 e. The summed E-state index contributed by atoms with van der Waals surface area (Å²) in [5, 5.41) is 6.89. The van der Waals surface area contributed by atoms with Crippen molar-refractivity contribution in [1.29, 1.82) is 0 Å². The van der Waals surface area contributed by atoms with Gasteiger partial charge in [-0.25, -0.2) is 0 Å². The zero-order chi connectivity index (χ0) is 19.5. The summed E-state index contributed by atoms with van der Waals surface area (Å²) in [5.41, 5.74) is 1.27. The van der Waals surface area contributed by atoms with Crippen molar-refractivity contribution in [3.05, 3.63) is 29.8 Å². The van der Waals surface area contributed by atoms with Gasteiger partial charge in [-0.3, -0.25) is 9.89 Å². The van der Waals surface area contributed by atoms with Crippen LogP contribution in [0.2, 0.25) is 0 Å². The zero-order valence-corrected chi connectivity index (χ0v) is 17.2. The number of hydrogen-bond donors (Lipinski definition) is 2. The van der Waals surface area contributed by atoms with Crippen molar-refractivity contribution in [2.75, 3.05) is 73.7 Å². The molecule has 152 valence electrons. The molecule has 7 nitrogen and oxygen atoms in total. The van der Waals surface area contributed by atoms with Gasteiger partial charge in [-0.15, -0.1) is 0 Å². The van der Waals surface area contributed by atoms with Crippen LogP contribution in [0.4, 0.5) is 0 Å². The van der Waals surface area contributed by atoms with Crippen LogP contribution in [0.15, 0.2) is 29.3 Å². The summed E-state index contributed by atoms with van der Waals surface area (Å²) in [7, 11) is 5.63. The predicted molar refractivity (Wildman–Crippen MR) is 111 cm³/mol. The Balaban J connectivity index is 1.97. The van der Waals surface area contributed by atoms with Crippen molar-refractivity contribution in [2.45, 2.75) is 13.0 Å². The van der Waals surface area contributed by atoms with Crippen molar-refractivity contribution in [3.8, 4) is 5.75 Å². The van der Waals surface area contributed by atoms with Crippen LogP contribution in [0.5, 0.6) is 5.75 Å². The Morgan fingerprint density at radius 2 is 1.96 bits per heavy atom. The highest BCUT2D eigenvalue weighted by Gasteiger charge is 2.23. The Hall–Kier alpha value is -1.83. The lowest BCUT2D eigenvalue weighted by molar-refractivity contribution is 0.0170. The second-order valence-electron chi connectivity index (χ2n) is 6.71. The molecule has 0 radical (unpaired) electrons. The number of hydrogen-bond acceptors (Lipinski definition) is 5. The molecule has 1 heterocycles. The first-order valence-corrected chi connectivity index (χ1v) is 9.76. The first kappa shape index (κ1) is 21.5. The van der Waals surface area contributed by atoms with Gasteiger partial charge in [0.15, 0.2) is 5.96 Å². The summed E-state index contributed by atoms with van der Waals surface area (Å²) < 4.78 is 10.8. The lowest BCUT2D eigenvalue weighted by Crippen LogP contribution is -2.47. The summed E-state index contributed by atoms with van der Waals surface area (Å²) in [4.78, 5) is 9.10. The zero-order valence-electron chi connectivity index (χ0n) is 17.2. The van der Waals surface area contributed by atoms with Crippen molar-refractivity contribution in [2.24, 2.45) is 4.99 Å². The van der Waals surface area contributed by atoms with Gasteiger partial charge in [0, 0.05) is 39.8 Å². The summed E-state index contributed by atoms with van der Waals surface area (Å²) in [6, 6.07) is 8.60. The molecule has 1 aromatic rings. The second kappa shape index (κ2) is 11.8. The number of morpholine rings is 1. The summed E-state index contributed by atoms with van der Waals surface area (Å²) in [5.74, 6) is 1.72. The van der Waals surface area contributed by atoms with Gasteiger partial charge >= 0.3 is 0 Å². The number of rotatable bonds is 9. The molecule has 27 heavy (non-hydrogen) atoms. The van der Waals surface area contributed by atoms with E-state index in [1.807, 2.05) is 19.2 Å². The van der Waals surface area contributed by atoms with Gasteiger partial charge in [-0.2, -0.15) is 0 Å². The van der Waals surface area contributed by atoms with E-state index in [2.05, 4.69) is 51.5 Å². The van der Waals surface area contributed by atoms with E-state index in [0.29, 0.717) is 0 Å². The first-order chi connectivity index (χ1) is 13.2. The highest BCUT2D eigenvalue weighted by atomic mass is 16.5. The van der Waals surface area contributed by atoms with E-state index in [9.17, 15) is 0 Å². The van der Waals surface area contributed by atoms with E-state index in [1.54, 1.807) is 7.11 Å². The van der Waals surface area contributed by atoms with Gasteiger partial charge in [0.1, 0.15) is 5.75 Å². The summed E-state index contributed by atoms with van der Waals surface area (Å²) in [6.45, 7) is 9.29. The van der Waals surface area contributed by atoms with E-state index < -0.39 is 0 Å². The maximum atomic E-state index is 5.53. The van der Waals surface area contributed by atoms with Gasteiger partial charge in [0.05, 0.1) is 26.4 Å². The van der Waals surface area contributed by atoms with Crippen molar-refractivity contribution < 1.29 is 9.47 Å². The highest BCUT2D eigenvalue weighted by molar-refractivity contribution is 5.79. The van der Waals surface area contributed by atoms with Gasteiger partial charge in [-0.1, -0.05) is 19.1 Å². The van der Waals surface area contributed by atoms with Crippen molar-refractivity contribution >= 4 is 5.96 Å². The Morgan fingerprint density at radius 3 is 2.56 bits per heavy atom. The highest BCUT2D eigenvalue weighted by Crippen LogP contribution is 2.23. The maximum absolute atomic E-state index is 5.53. The van der Waals surface area contributed by atoms with E-state index in [0.717, 1.165) is 64.2 Å². The molecular formula is C20H35N5O2. The minimum Gasteiger partial charge on any atom is -0.497 e. The van der Waals surface area contributed by atoms with Gasteiger partial charge in [-0.05, 0) is 31.3 Å². The molecule has 0 bridgehead atoms. The third kappa shape index (κ3) is 7.01. The molecule has 1 saturated heterocycles. The van der Waals surface area contributed by atoms with Crippen LogP contribution in [0.3, 0.4) is 0 Å². The van der Waals surface area contributed by atoms with Gasteiger partial charge in [0.2, 0.25) is 0 Å². The molecule has 1 fully saturated rings. The molecule has 1 atom stereocenters. The van der Waals surface area contributed by atoms with Crippen molar-refractivity contribution in [3.63, 3.8) is 0 Å². The Morgan fingerprint density at radius 1 is 1.26 bits per heavy atom. The number of likely N-dealkylation sites (N-methyl/N-ethyl adjacent to an activating group) is 1. The lowest BCUT2D eigenvalue weighted by Gasteiger charge is -2.35. The quantitative estimate of drug-likeness (QED) is 0.498. The minimum atomic E-state index is 0.261. The monoisotopic (exact) mass is 377 g/mol. The van der Waals surface area contributed by atoms with Crippen LogP contribution < -0.4 is 15.4 Å². The Bertz CT molecular complexity index is 558. The fourth-order valence-corrected chi connectivity index (χ4v) is 3.11. The summed E-state index contributed by atoms with van der Waals surface area (Å²) >= 11 is 0. The van der Waals surface area contributed by atoms with Crippen LogP contribution in [0, 0.1) is 0 Å². The molecule has 0 aromatic heterocycles. The Labute approximate surface area is 163 Å². The SMILES string of the molecule is CCN(C)CCNC(=NC)NCC(c1ccc(OC)cc1)N1CCOCC1. The third-order valence-corrected chi connectivity index (χ3v) is 5.00. The molecule has 1 aliphatic heterocycles.